The summed E-state index contributed by atoms with van der Waals surface area (Å²) in [6, 6.07) is 0.914. The van der Waals surface area contributed by atoms with Gasteiger partial charge in [-0.1, -0.05) is 0 Å². The predicted molar refractivity (Wildman–Crippen MR) is 60.0 cm³/mol. The summed E-state index contributed by atoms with van der Waals surface area (Å²) in [6.45, 7) is 7.49. The maximum absolute atomic E-state index is 10.6. The van der Waals surface area contributed by atoms with E-state index in [-0.39, 0.29) is 6.42 Å². The largest absolute Gasteiger partial charge is 0.481 e. The van der Waals surface area contributed by atoms with Gasteiger partial charge in [0.2, 0.25) is 0 Å². The molecule has 0 aliphatic carbocycles. The van der Waals surface area contributed by atoms with E-state index >= 15 is 0 Å². The van der Waals surface area contributed by atoms with Gasteiger partial charge in [0, 0.05) is 38.1 Å². The van der Waals surface area contributed by atoms with Gasteiger partial charge in [0.25, 0.3) is 0 Å². The fraction of sp³-hybridized carbons (Fsp3) is 0.909. The number of rotatable bonds is 4. The Hall–Kier alpha value is -0.610. The molecule has 88 valence electrons. The van der Waals surface area contributed by atoms with E-state index in [9.17, 15) is 4.79 Å². The first-order valence-corrected chi connectivity index (χ1v) is 5.66. The SMILES string of the molecule is CC(C)N1CCN(C)CC1CCC(=O)O. The fourth-order valence-corrected chi connectivity index (χ4v) is 2.25. The first-order chi connectivity index (χ1) is 7.00. The summed E-state index contributed by atoms with van der Waals surface area (Å²) in [7, 11) is 2.10. The lowest BCUT2D eigenvalue weighted by Crippen LogP contribution is -2.54. The van der Waals surface area contributed by atoms with Crippen molar-refractivity contribution in [1.82, 2.24) is 9.80 Å². The summed E-state index contributed by atoms with van der Waals surface area (Å²) in [5.74, 6) is -0.688. The molecule has 4 heteroatoms. The zero-order valence-electron chi connectivity index (χ0n) is 9.94. The third kappa shape index (κ3) is 3.80. The Balaban J connectivity index is 2.50. The molecule has 4 nitrogen and oxygen atoms in total. The van der Waals surface area contributed by atoms with Crippen LogP contribution in [0.1, 0.15) is 26.7 Å². The lowest BCUT2D eigenvalue weighted by molar-refractivity contribution is -0.137. The van der Waals surface area contributed by atoms with Crippen molar-refractivity contribution in [1.29, 1.82) is 0 Å². The van der Waals surface area contributed by atoms with Crippen molar-refractivity contribution >= 4 is 5.97 Å². The Kier molecular flexibility index (Phi) is 4.54. The Morgan fingerprint density at radius 1 is 1.47 bits per heavy atom. The van der Waals surface area contributed by atoms with Gasteiger partial charge in [-0.05, 0) is 27.3 Å². The van der Waals surface area contributed by atoms with Crippen LogP contribution in [-0.2, 0) is 4.79 Å². The molecule has 1 atom stereocenters. The Morgan fingerprint density at radius 3 is 2.67 bits per heavy atom. The number of likely N-dealkylation sites (N-methyl/N-ethyl adjacent to an activating group) is 1. The molecule has 1 aliphatic rings. The number of aliphatic carboxylic acids is 1. The highest BCUT2D eigenvalue weighted by molar-refractivity contribution is 5.66. The van der Waals surface area contributed by atoms with E-state index in [1.807, 2.05) is 0 Å². The van der Waals surface area contributed by atoms with Crippen LogP contribution in [0.2, 0.25) is 0 Å². The van der Waals surface area contributed by atoms with Crippen molar-refractivity contribution in [3.05, 3.63) is 0 Å². The summed E-state index contributed by atoms with van der Waals surface area (Å²) < 4.78 is 0. The number of nitrogens with zero attached hydrogens (tertiary/aromatic N) is 2. The van der Waals surface area contributed by atoms with E-state index in [2.05, 4.69) is 30.7 Å². The predicted octanol–water partition coefficient (Wildman–Crippen LogP) is 0.876. The molecule has 1 heterocycles. The summed E-state index contributed by atoms with van der Waals surface area (Å²) in [4.78, 5) is 15.3. The molecule has 0 amide bonds. The molecule has 0 saturated carbocycles. The van der Waals surface area contributed by atoms with Crippen LogP contribution in [0, 0.1) is 0 Å². The molecular formula is C11H22N2O2. The van der Waals surface area contributed by atoms with Crippen LogP contribution < -0.4 is 0 Å². The van der Waals surface area contributed by atoms with Gasteiger partial charge in [-0.25, -0.2) is 0 Å². The molecule has 1 saturated heterocycles. The maximum Gasteiger partial charge on any atom is 0.303 e. The molecule has 1 N–H and O–H groups in total. The lowest BCUT2D eigenvalue weighted by Gasteiger charge is -2.42. The van der Waals surface area contributed by atoms with E-state index in [4.69, 9.17) is 5.11 Å². The van der Waals surface area contributed by atoms with Crippen LogP contribution in [0.15, 0.2) is 0 Å². The lowest BCUT2D eigenvalue weighted by atomic mass is 10.0. The summed E-state index contributed by atoms with van der Waals surface area (Å²) in [5.41, 5.74) is 0. The second-order valence-electron chi connectivity index (χ2n) is 4.68. The fourth-order valence-electron chi connectivity index (χ4n) is 2.25. The third-order valence-electron chi connectivity index (χ3n) is 3.09. The second-order valence-corrected chi connectivity index (χ2v) is 4.68. The summed E-state index contributed by atoms with van der Waals surface area (Å²) >= 11 is 0. The van der Waals surface area contributed by atoms with Crippen molar-refractivity contribution in [2.45, 2.75) is 38.8 Å². The van der Waals surface area contributed by atoms with E-state index in [1.54, 1.807) is 0 Å². The van der Waals surface area contributed by atoms with Crippen molar-refractivity contribution < 1.29 is 9.90 Å². The molecule has 0 radical (unpaired) electrons. The van der Waals surface area contributed by atoms with Crippen LogP contribution in [0.5, 0.6) is 0 Å². The molecule has 0 bridgehead atoms. The maximum atomic E-state index is 10.6. The molecule has 0 aromatic heterocycles. The van der Waals surface area contributed by atoms with Crippen LogP contribution in [0.3, 0.4) is 0 Å². The third-order valence-corrected chi connectivity index (χ3v) is 3.09. The van der Waals surface area contributed by atoms with Crippen LogP contribution in [0.4, 0.5) is 0 Å². The van der Waals surface area contributed by atoms with Gasteiger partial charge >= 0.3 is 5.97 Å². The highest BCUT2D eigenvalue weighted by atomic mass is 16.4. The number of carboxylic acid groups (broad SMARTS) is 1. The average Bonchev–Trinajstić information content (AvgIpc) is 2.14. The van der Waals surface area contributed by atoms with E-state index < -0.39 is 5.97 Å². The monoisotopic (exact) mass is 214 g/mol. The second kappa shape index (κ2) is 5.47. The molecule has 15 heavy (non-hydrogen) atoms. The standard InChI is InChI=1S/C11H22N2O2/c1-9(2)13-7-6-12(3)8-10(13)4-5-11(14)15/h9-10H,4-8H2,1-3H3,(H,14,15). The Bertz CT molecular complexity index is 219. The molecule has 1 fully saturated rings. The number of piperazine rings is 1. The molecular weight excluding hydrogens is 192 g/mol. The van der Waals surface area contributed by atoms with Crippen LogP contribution in [-0.4, -0.2) is 59.6 Å². The average molecular weight is 214 g/mol. The zero-order chi connectivity index (χ0) is 11.4. The first-order valence-electron chi connectivity index (χ1n) is 5.66. The van der Waals surface area contributed by atoms with Gasteiger partial charge < -0.3 is 10.0 Å². The van der Waals surface area contributed by atoms with E-state index in [0.29, 0.717) is 12.1 Å². The minimum atomic E-state index is -0.688. The summed E-state index contributed by atoms with van der Waals surface area (Å²) in [5, 5.41) is 8.70. The topological polar surface area (TPSA) is 43.8 Å². The quantitative estimate of drug-likeness (QED) is 0.754. The highest BCUT2D eigenvalue weighted by Crippen LogP contribution is 2.16. The number of carbonyl (C=O) groups is 1. The Morgan fingerprint density at radius 2 is 2.13 bits per heavy atom. The molecule has 1 aliphatic heterocycles. The number of hydrogen-bond donors (Lipinski definition) is 1. The molecule has 1 unspecified atom stereocenters. The molecule has 0 aromatic rings. The van der Waals surface area contributed by atoms with E-state index in [1.165, 1.54) is 0 Å². The van der Waals surface area contributed by atoms with Gasteiger partial charge in [-0.15, -0.1) is 0 Å². The van der Waals surface area contributed by atoms with Gasteiger partial charge in [0.05, 0.1) is 0 Å². The molecule has 1 rings (SSSR count). The first kappa shape index (κ1) is 12.5. The van der Waals surface area contributed by atoms with Gasteiger partial charge in [0.15, 0.2) is 0 Å². The van der Waals surface area contributed by atoms with Crippen molar-refractivity contribution in [2.75, 3.05) is 26.7 Å². The van der Waals surface area contributed by atoms with Crippen LogP contribution in [0.25, 0.3) is 0 Å². The number of hydrogen-bond acceptors (Lipinski definition) is 3. The normalized spacial score (nSPS) is 24.7. The molecule has 0 spiro atoms. The number of carboxylic acids is 1. The van der Waals surface area contributed by atoms with Crippen molar-refractivity contribution in [3.63, 3.8) is 0 Å². The smallest absolute Gasteiger partial charge is 0.303 e. The minimum absolute atomic E-state index is 0.279. The van der Waals surface area contributed by atoms with Crippen molar-refractivity contribution in [2.24, 2.45) is 0 Å². The zero-order valence-corrected chi connectivity index (χ0v) is 9.94. The highest BCUT2D eigenvalue weighted by Gasteiger charge is 2.27. The van der Waals surface area contributed by atoms with Gasteiger partial charge in [-0.2, -0.15) is 0 Å². The van der Waals surface area contributed by atoms with Crippen LogP contribution >= 0.6 is 0 Å². The summed E-state index contributed by atoms with van der Waals surface area (Å²) in [6.07, 6.45) is 1.04. The van der Waals surface area contributed by atoms with Crippen molar-refractivity contribution in [3.8, 4) is 0 Å². The van der Waals surface area contributed by atoms with Gasteiger partial charge in [0.1, 0.15) is 0 Å². The molecule has 0 aromatic carbocycles. The van der Waals surface area contributed by atoms with Gasteiger partial charge in [-0.3, -0.25) is 9.69 Å². The minimum Gasteiger partial charge on any atom is -0.481 e. The van der Waals surface area contributed by atoms with E-state index in [0.717, 1.165) is 26.1 Å². The Labute approximate surface area is 91.9 Å².